The van der Waals surface area contributed by atoms with Crippen molar-refractivity contribution in [3.05, 3.63) is 41.8 Å². The number of aryl methyl sites for hydroxylation is 1. The summed E-state index contributed by atoms with van der Waals surface area (Å²) in [5, 5.41) is 0. The van der Waals surface area contributed by atoms with Crippen molar-refractivity contribution in [3.8, 4) is 11.5 Å². The number of rotatable bonds is 4. The molecule has 1 aromatic heterocycles. The van der Waals surface area contributed by atoms with Crippen LogP contribution in [-0.2, 0) is 9.53 Å². The van der Waals surface area contributed by atoms with E-state index in [0.717, 1.165) is 31.5 Å². The van der Waals surface area contributed by atoms with Gasteiger partial charge in [0.15, 0.2) is 11.8 Å². The highest BCUT2D eigenvalue weighted by atomic mass is 16.5. The number of oxazole rings is 1. The maximum atomic E-state index is 12.3. The van der Waals surface area contributed by atoms with Gasteiger partial charge in [-0.1, -0.05) is 18.2 Å². The fourth-order valence-electron chi connectivity index (χ4n) is 2.75. The Morgan fingerprint density at radius 3 is 2.54 bits per heavy atom. The van der Waals surface area contributed by atoms with Gasteiger partial charge in [-0.15, -0.1) is 0 Å². The molecular formula is C18H20N2O4. The molecule has 1 aliphatic rings. The second-order valence-electron chi connectivity index (χ2n) is 5.87. The van der Waals surface area contributed by atoms with Crippen LogP contribution in [0.1, 0.15) is 36.0 Å². The van der Waals surface area contributed by atoms with Gasteiger partial charge in [-0.05, 0) is 38.8 Å². The van der Waals surface area contributed by atoms with E-state index in [0.29, 0.717) is 11.7 Å². The molecule has 0 bridgehead atoms. The van der Waals surface area contributed by atoms with Crippen molar-refractivity contribution in [2.75, 3.05) is 13.1 Å². The lowest BCUT2D eigenvalue weighted by Gasteiger charge is -2.20. The van der Waals surface area contributed by atoms with E-state index in [1.54, 1.807) is 18.7 Å². The van der Waals surface area contributed by atoms with E-state index in [1.165, 1.54) is 0 Å². The number of carbonyl (C=O) groups excluding carboxylic acids is 2. The predicted molar refractivity (Wildman–Crippen MR) is 87.4 cm³/mol. The Morgan fingerprint density at radius 2 is 1.88 bits per heavy atom. The minimum absolute atomic E-state index is 0.106. The van der Waals surface area contributed by atoms with Crippen molar-refractivity contribution >= 4 is 11.9 Å². The zero-order valence-corrected chi connectivity index (χ0v) is 13.8. The molecule has 0 saturated carbocycles. The van der Waals surface area contributed by atoms with Crippen LogP contribution in [0.4, 0.5) is 0 Å². The summed E-state index contributed by atoms with van der Waals surface area (Å²) in [5.74, 6) is -0.0676. The predicted octanol–water partition coefficient (Wildman–Crippen LogP) is 2.82. The number of benzene rings is 1. The van der Waals surface area contributed by atoms with Crippen LogP contribution < -0.4 is 0 Å². The van der Waals surface area contributed by atoms with Crippen LogP contribution >= 0.6 is 0 Å². The maximum absolute atomic E-state index is 12.3. The lowest BCUT2D eigenvalue weighted by atomic mass is 10.2. The fourth-order valence-corrected chi connectivity index (χ4v) is 2.75. The van der Waals surface area contributed by atoms with Crippen molar-refractivity contribution in [2.24, 2.45) is 0 Å². The van der Waals surface area contributed by atoms with Gasteiger partial charge >= 0.3 is 5.97 Å². The van der Waals surface area contributed by atoms with Gasteiger partial charge in [0.25, 0.3) is 5.91 Å². The van der Waals surface area contributed by atoms with Crippen LogP contribution in [0.2, 0.25) is 0 Å². The van der Waals surface area contributed by atoms with Gasteiger partial charge in [0, 0.05) is 18.7 Å². The smallest absolute Gasteiger partial charge is 0.361 e. The summed E-state index contributed by atoms with van der Waals surface area (Å²) in [5.41, 5.74) is 0.885. The van der Waals surface area contributed by atoms with Gasteiger partial charge in [0.05, 0.1) is 0 Å². The molecule has 1 amide bonds. The number of esters is 1. The first-order valence-electron chi connectivity index (χ1n) is 8.09. The molecule has 2 aromatic rings. The zero-order chi connectivity index (χ0) is 17.1. The number of nitrogens with zero attached hydrogens (tertiary/aromatic N) is 2. The van der Waals surface area contributed by atoms with E-state index in [2.05, 4.69) is 4.98 Å². The summed E-state index contributed by atoms with van der Waals surface area (Å²) < 4.78 is 10.8. The Bertz CT molecular complexity index is 733. The highest BCUT2D eigenvalue weighted by Gasteiger charge is 2.28. The lowest BCUT2D eigenvalue weighted by molar-refractivity contribution is -0.138. The van der Waals surface area contributed by atoms with Gasteiger partial charge in [-0.2, -0.15) is 0 Å². The lowest BCUT2D eigenvalue weighted by Crippen LogP contribution is -2.38. The molecule has 3 rings (SSSR count). The summed E-state index contributed by atoms with van der Waals surface area (Å²) >= 11 is 0. The van der Waals surface area contributed by atoms with Gasteiger partial charge in [-0.3, -0.25) is 4.79 Å². The number of aromatic nitrogens is 1. The Labute approximate surface area is 140 Å². The SMILES string of the molecule is Cc1oc(-c2ccccc2)nc1C(=O)O[C@H](C)C(=O)N1CCCC1. The average Bonchev–Trinajstić information content (AvgIpc) is 3.24. The number of hydrogen-bond acceptors (Lipinski definition) is 5. The molecule has 0 spiro atoms. The first kappa shape index (κ1) is 16.2. The molecule has 24 heavy (non-hydrogen) atoms. The van der Waals surface area contributed by atoms with E-state index < -0.39 is 12.1 Å². The molecule has 0 N–H and O–H groups in total. The monoisotopic (exact) mass is 328 g/mol. The number of amides is 1. The molecule has 2 heterocycles. The number of likely N-dealkylation sites (tertiary alicyclic amines) is 1. The molecule has 6 nitrogen and oxygen atoms in total. The molecule has 0 unspecified atom stereocenters. The standard InChI is InChI=1S/C18H20N2O4/c1-12-15(19-16(23-12)14-8-4-3-5-9-14)18(22)24-13(2)17(21)20-10-6-7-11-20/h3-5,8-9,13H,6-7,10-11H2,1-2H3/t13-/m1/s1. The van der Waals surface area contributed by atoms with Gasteiger partial charge < -0.3 is 14.1 Å². The topological polar surface area (TPSA) is 72.6 Å². The van der Waals surface area contributed by atoms with E-state index in [-0.39, 0.29) is 11.6 Å². The first-order valence-corrected chi connectivity index (χ1v) is 8.09. The van der Waals surface area contributed by atoms with Crippen LogP contribution in [0.15, 0.2) is 34.7 Å². The fraction of sp³-hybridized carbons (Fsp3) is 0.389. The van der Waals surface area contributed by atoms with Gasteiger partial charge in [-0.25, -0.2) is 9.78 Å². The van der Waals surface area contributed by atoms with Crippen LogP contribution in [0.25, 0.3) is 11.5 Å². The molecule has 126 valence electrons. The summed E-state index contributed by atoms with van der Waals surface area (Å²) in [6, 6.07) is 9.31. The second kappa shape index (κ2) is 6.86. The molecule has 1 fully saturated rings. The van der Waals surface area contributed by atoms with E-state index in [1.807, 2.05) is 30.3 Å². The molecule has 6 heteroatoms. The van der Waals surface area contributed by atoms with Gasteiger partial charge in [0.2, 0.25) is 5.89 Å². The molecule has 1 aliphatic heterocycles. The third-order valence-electron chi connectivity index (χ3n) is 4.06. The molecule has 1 aromatic carbocycles. The van der Waals surface area contributed by atoms with Gasteiger partial charge in [0.1, 0.15) is 5.76 Å². The minimum Gasteiger partial charge on any atom is -0.448 e. The van der Waals surface area contributed by atoms with Crippen LogP contribution in [-0.4, -0.2) is 41.0 Å². The van der Waals surface area contributed by atoms with Crippen LogP contribution in [0, 0.1) is 6.92 Å². The Kier molecular flexibility index (Phi) is 4.64. The van der Waals surface area contributed by atoms with Crippen molar-refractivity contribution in [1.82, 2.24) is 9.88 Å². The number of hydrogen-bond donors (Lipinski definition) is 0. The second-order valence-corrected chi connectivity index (χ2v) is 5.87. The van der Waals surface area contributed by atoms with E-state index in [4.69, 9.17) is 9.15 Å². The third kappa shape index (κ3) is 3.32. The highest BCUT2D eigenvalue weighted by molar-refractivity contribution is 5.91. The molecule has 1 atom stereocenters. The van der Waals surface area contributed by atoms with E-state index >= 15 is 0 Å². The molecule has 1 saturated heterocycles. The highest BCUT2D eigenvalue weighted by Crippen LogP contribution is 2.22. The normalized spacial score (nSPS) is 15.3. The molecule has 0 aliphatic carbocycles. The third-order valence-corrected chi connectivity index (χ3v) is 4.06. The maximum Gasteiger partial charge on any atom is 0.361 e. The largest absolute Gasteiger partial charge is 0.448 e. The van der Waals surface area contributed by atoms with E-state index in [9.17, 15) is 9.59 Å². The number of carbonyl (C=O) groups is 2. The summed E-state index contributed by atoms with van der Waals surface area (Å²) in [6.07, 6.45) is 1.16. The summed E-state index contributed by atoms with van der Waals surface area (Å²) in [6.45, 7) is 4.69. The molecular weight excluding hydrogens is 308 g/mol. The van der Waals surface area contributed by atoms with Crippen molar-refractivity contribution in [1.29, 1.82) is 0 Å². The zero-order valence-electron chi connectivity index (χ0n) is 13.8. The number of ether oxygens (including phenoxy) is 1. The van der Waals surface area contributed by atoms with Crippen LogP contribution in [0.5, 0.6) is 0 Å². The summed E-state index contributed by atoms with van der Waals surface area (Å²) in [4.78, 5) is 30.5. The first-order chi connectivity index (χ1) is 11.6. The molecule has 0 radical (unpaired) electrons. The Hall–Kier alpha value is -2.63. The Morgan fingerprint density at radius 1 is 1.21 bits per heavy atom. The Balaban J connectivity index is 1.71. The average molecular weight is 328 g/mol. The quantitative estimate of drug-likeness (QED) is 0.807. The summed E-state index contributed by atoms with van der Waals surface area (Å²) in [7, 11) is 0. The van der Waals surface area contributed by atoms with Crippen molar-refractivity contribution in [3.63, 3.8) is 0 Å². The van der Waals surface area contributed by atoms with Crippen molar-refractivity contribution in [2.45, 2.75) is 32.8 Å². The van der Waals surface area contributed by atoms with Crippen LogP contribution in [0.3, 0.4) is 0 Å². The van der Waals surface area contributed by atoms with Crippen molar-refractivity contribution < 1.29 is 18.7 Å². The minimum atomic E-state index is -0.827.